The first-order valence-corrected chi connectivity index (χ1v) is 5.88. The van der Waals surface area contributed by atoms with E-state index < -0.39 is 0 Å². The van der Waals surface area contributed by atoms with Gasteiger partial charge in [0.1, 0.15) is 5.78 Å². The Kier molecular flexibility index (Phi) is 4.59. The molecule has 0 saturated heterocycles. The fraction of sp³-hybridized carbons (Fsp3) is 0.917. The van der Waals surface area contributed by atoms with Crippen molar-refractivity contribution in [3.05, 3.63) is 0 Å². The van der Waals surface area contributed by atoms with Crippen LogP contribution in [0.5, 0.6) is 0 Å². The minimum Gasteiger partial charge on any atom is -0.322 e. The molecule has 1 aliphatic carbocycles. The zero-order valence-electron chi connectivity index (χ0n) is 9.46. The number of nitrogens with two attached hydrogens (primary N) is 1. The van der Waals surface area contributed by atoms with Gasteiger partial charge in [0.15, 0.2) is 0 Å². The third-order valence-electron chi connectivity index (χ3n) is 3.10. The number of carbonyl (C=O) groups excluding carboxylic acids is 1. The van der Waals surface area contributed by atoms with Crippen LogP contribution < -0.4 is 5.73 Å². The van der Waals surface area contributed by atoms with E-state index in [0.29, 0.717) is 11.8 Å². The quantitative estimate of drug-likeness (QED) is 0.736. The number of ketones is 1. The number of Topliss-reactive ketones (excluding diaryl/α,β-unsaturated/α-hetero) is 1. The van der Waals surface area contributed by atoms with Gasteiger partial charge in [0.25, 0.3) is 0 Å². The minimum absolute atomic E-state index is 0.212. The smallest absolute Gasteiger partial charge is 0.149 e. The van der Waals surface area contributed by atoms with E-state index in [-0.39, 0.29) is 11.8 Å². The third-order valence-corrected chi connectivity index (χ3v) is 3.10. The molecule has 0 aromatic rings. The Morgan fingerprint density at radius 3 is 2.43 bits per heavy atom. The molecule has 1 unspecified atom stereocenters. The number of rotatable bonds is 5. The summed E-state index contributed by atoms with van der Waals surface area (Å²) >= 11 is 0. The molecule has 0 amide bonds. The Labute approximate surface area is 87.2 Å². The molecule has 1 rings (SSSR count). The molecule has 0 aromatic carbocycles. The van der Waals surface area contributed by atoms with E-state index in [2.05, 4.69) is 13.8 Å². The van der Waals surface area contributed by atoms with Gasteiger partial charge in [-0.15, -0.1) is 0 Å². The van der Waals surface area contributed by atoms with Crippen LogP contribution in [0, 0.1) is 11.8 Å². The molecule has 1 atom stereocenters. The molecule has 2 N–H and O–H groups in total. The van der Waals surface area contributed by atoms with E-state index in [0.717, 1.165) is 12.8 Å². The highest BCUT2D eigenvalue weighted by Crippen LogP contribution is 2.28. The molecular formula is C12H23NO. The summed E-state index contributed by atoms with van der Waals surface area (Å²) in [5, 5.41) is 0. The third kappa shape index (κ3) is 3.79. The van der Waals surface area contributed by atoms with Crippen molar-refractivity contribution < 1.29 is 4.79 Å². The fourth-order valence-corrected chi connectivity index (χ4v) is 2.29. The highest BCUT2D eigenvalue weighted by atomic mass is 16.1. The van der Waals surface area contributed by atoms with Crippen LogP contribution in [0.2, 0.25) is 0 Å². The largest absolute Gasteiger partial charge is 0.322 e. The summed E-state index contributed by atoms with van der Waals surface area (Å²) in [5.41, 5.74) is 5.85. The lowest BCUT2D eigenvalue weighted by Crippen LogP contribution is -2.32. The molecule has 2 nitrogen and oxygen atoms in total. The number of carbonyl (C=O) groups is 1. The molecule has 0 spiro atoms. The van der Waals surface area contributed by atoms with Gasteiger partial charge < -0.3 is 5.73 Å². The van der Waals surface area contributed by atoms with Gasteiger partial charge >= 0.3 is 0 Å². The topological polar surface area (TPSA) is 43.1 Å². The van der Waals surface area contributed by atoms with Crippen LogP contribution in [0.15, 0.2) is 0 Å². The lowest BCUT2D eigenvalue weighted by atomic mass is 9.93. The van der Waals surface area contributed by atoms with Crippen molar-refractivity contribution in [3.8, 4) is 0 Å². The molecule has 14 heavy (non-hydrogen) atoms. The Balaban J connectivity index is 2.25. The van der Waals surface area contributed by atoms with Gasteiger partial charge in [0.05, 0.1) is 6.04 Å². The van der Waals surface area contributed by atoms with E-state index in [1.807, 2.05) is 0 Å². The monoisotopic (exact) mass is 197 g/mol. The van der Waals surface area contributed by atoms with Crippen molar-refractivity contribution in [2.45, 2.75) is 58.4 Å². The van der Waals surface area contributed by atoms with Crippen LogP contribution in [0.3, 0.4) is 0 Å². The van der Waals surface area contributed by atoms with Gasteiger partial charge in [-0.05, 0) is 18.3 Å². The lowest BCUT2D eigenvalue weighted by Gasteiger charge is -2.15. The molecule has 0 radical (unpaired) electrons. The van der Waals surface area contributed by atoms with Gasteiger partial charge in [0, 0.05) is 6.42 Å². The number of hydrogen-bond acceptors (Lipinski definition) is 2. The second-order valence-corrected chi connectivity index (χ2v) is 5.06. The Morgan fingerprint density at radius 1 is 1.36 bits per heavy atom. The van der Waals surface area contributed by atoms with E-state index >= 15 is 0 Å². The average molecular weight is 197 g/mol. The SMILES string of the molecule is CC(C)CC(N)C(=O)CC1CCCC1. The summed E-state index contributed by atoms with van der Waals surface area (Å²) in [4.78, 5) is 11.7. The zero-order valence-corrected chi connectivity index (χ0v) is 9.46. The first-order valence-electron chi connectivity index (χ1n) is 5.88. The summed E-state index contributed by atoms with van der Waals surface area (Å²) in [6.07, 6.45) is 6.65. The van der Waals surface area contributed by atoms with Gasteiger partial charge in [-0.2, -0.15) is 0 Å². The van der Waals surface area contributed by atoms with Crippen molar-refractivity contribution in [1.82, 2.24) is 0 Å². The summed E-state index contributed by atoms with van der Waals surface area (Å²) in [5.74, 6) is 1.45. The molecule has 1 fully saturated rings. The van der Waals surface area contributed by atoms with Crippen molar-refractivity contribution in [2.24, 2.45) is 17.6 Å². The average Bonchev–Trinajstić information content (AvgIpc) is 2.55. The summed E-state index contributed by atoms with van der Waals surface area (Å²) in [7, 11) is 0. The van der Waals surface area contributed by atoms with Crippen LogP contribution in [0.4, 0.5) is 0 Å². The van der Waals surface area contributed by atoms with E-state index in [9.17, 15) is 4.79 Å². The molecule has 82 valence electrons. The molecule has 0 aliphatic heterocycles. The van der Waals surface area contributed by atoms with Crippen molar-refractivity contribution in [2.75, 3.05) is 0 Å². The van der Waals surface area contributed by atoms with Gasteiger partial charge in [-0.1, -0.05) is 39.5 Å². The Hall–Kier alpha value is -0.370. The molecule has 1 saturated carbocycles. The first-order chi connectivity index (χ1) is 6.59. The van der Waals surface area contributed by atoms with Crippen molar-refractivity contribution in [1.29, 1.82) is 0 Å². The maximum Gasteiger partial charge on any atom is 0.149 e. The van der Waals surface area contributed by atoms with E-state index in [1.165, 1.54) is 25.7 Å². The molecule has 0 aromatic heterocycles. The lowest BCUT2D eigenvalue weighted by molar-refractivity contribution is -0.121. The maximum absolute atomic E-state index is 11.7. The highest BCUT2D eigenvalue weighted by molar-refractivity contribution is 5.83. The standard InChI is InChI=1S/C12H23NO/c1-9(2)7-11(13)12(14)8-10-5-3-4-6-10/h9-11H,3-8,13H2,1-2H3. The molecule has 1 aliphatic rings. The highest BCUT2D eigenvalue weighted by Gasteiger charge is 2.22. The van der Waals surface area contributed by atoms with E-state index in [1.54, 1.807) is 0 Å². The summed E-state index contributed by atoms with van der Waals surface area (Å²) < 4.78 is 0. The van der Waals surface area contributed by atoms with Crippen LogP contribution in [0.1, 0.15) is 52.4 Å². The first kappa shape index (κ1) is 11.7. The molecule has 0 bridgehead atoms. The minimum atomic E-state index is -0.212. The molecular weight excluding hydrogens is 174 g/mol. The van der Waals surface area contributed by atoms with Gasteiger partial charge in [-0.25, -0.2) is 0 Å². The Bertz CT molecular complexity index is 183. The molecule has 2 heteroatoms. The van der Waals surface area contributed by atoms with Gasteiger partial charge in [-0.3, -0.25) is 4.79 Å². The predicted molar refractivity (Wildman–Crippen MR) is 59.0 cm³/mol. The zero-order chi connectivity index (χ0) is 10.6. The van der Waals surface area contributed by atoms with Gasteiger partial charge in [0.2, 0.25) is 0 Å². The predicted octanol–water partition coefficient (Wildman–Crippen LogP) is 2.51. The maximum atomic E-state index is 11.7. The second-order valence-electron chi connectivity index (χ2n) is 5.06. The number of hydrogen-bond donors (Lipinski definition) is 1. The van der Waals surface area contributed by atoms with E-state index in [4.69, 9.17) is 5.73 Å². The normalized spacial score (nSPS) is 20.3. The van der Waals surface area contributed by atoms with Crippen molar-refractivity contribution in [3.63, 3.8) is 0 Å². The second kappa shape index (κ2) is 5.50. The van der Waals surface area contributed by atoms with Crippen LogP contribution in [-0.2, 0) is 4.79 Å². The van der Waals surface area contributed by atoms with Crippen molar-refractivity contribution >= 4 is 5.78 Å². The Morgan fingerprint density at radius 2 is 1.93 bits per heavy atom. The van der Waals surface area contributed by atoms with Crippen LogP contribution >= 0.6 is 0 Å². The fourth-order valence-electron chi connectivity index (χ4n) is 2.29. The van der Waals surface area contributed by atoms with Crippen LogP contribution in [0.25, 0.3) is 0 Å². The van der Waals surface area contributed by atoms with Crippen LogP contribution in [-0.4, -0.2) is 11.8 Å². The summed E-state index contributed by atoms with van der Waals surface area (Å²) in [6, 6.07) is -0.212. The summed E-state index contributed by atoms with van der Waals surface area (Å²) in [6.45, 7) is 4.23. The molecule has 0 heterocycles.